The van der Waals surface area contributed by atoms with Crippen molar-refractivity contribution in [1.82, 2.24) is 9.88 Å². The van der Waals surface area contributed by atoms with E-state index in [0.29, 0.717) is 23.7 Å². The number of rotatable bonds is 3. The first-order valence-corrected chi connectivity index (χ1v) is 9.47. The van der Waals surface area contributed by atoms with Crippen LogP contribution in [0, 0.1) is 17.8 Å². The van der Waals surface area contributed by atoms with Gasteiger partial charge in [-0.2, -0.15) is 13.2 Å². The highest BCUT2D eigenvalue weighted by molar-refractivity contribution is 5.77. The molecule has 1 amide bonds. The number of piperidine rings is 1. The molecule has 2 atom stereocenters. The molecule has 0 aromatic carbocycles. The Bertz CT molecular complexity index is 695. The zero-order valence-corrected chi connectivity index (χ0v) is 15.4. The minimum atomic E-state index is -5.08. The summed E-state index contributed by atoms with van der Waals surface area (Å²) in [5.74, 6) is -0.303. The summed E-state index contributed by atoms with van der Waals surface area (Å²) in [5.41, 5.74) is 1.22. The fourth-order valence-corrected chi connectivity index (χ4v) is 3.85. The van der Waals surface area contributed by atoms with Gasteiger partial charge in [0.15, 0.2) is 0 Å². The lowest BCUT2D eigenvalue weighted by Crippen LogP contribution is -2.40. The molecule has 1 aromatic rings. The highest BCUT2D eigenvalue weighted by atomic mass is 19.4. The zero-order valence-electron chi connectivity index (χ0n) is 15.4. The zero-order chi connectivity index (χ0) is 20.3. The Balaban J connectivity index is 0.000000279. The quantitative estimate of drug-likeness (QED) is 0.846. The molecule has 0 bridgehead atoms. The number of hydrogen-bond acceptors (Lipinski definition) is 4. The first-order chi connectivity index (χ1) is 13.2. The molecule has 2 aliphatic heterocycles. The number of carbonyl (C=O) groups is 2. The number of aromatic nitrogens is 1. The van der Waals surface area contributed by atoms with Crippen LogP contribution in [0.5, 0.6) is 0 Å². The van der Waals surface area contributed by atoms with E-state index < -0.39 is 12.1 Å². The smallest absolute Gasteiger partial charge is 0.475 e. The minimum absolute atomic E-state index is 0.403. The Morgan fingerprint density at radius 1 is 1.14 bits per heavy atom. The molecule has 0 radical (unpaired) electrons. The van der Waals surface area contributed by atoms with Crippen molar-refractivity contribution in [3.05, 3.63) is 24.5 Å². The normalized spacial score (nSPS) is 24.2. The molecule has 3 aliphatic rings. The van der Waals surface area contributed by atoms with E-state index in [1.165, 1.54) is 24.9 Å². The lowest BCUT2D eigenvalue weighted by Gasteiger charge is -2.35. The van der Waals surface area contributed by atoms with Gasteiger partial charge in [-0.05, 0) is 49.1 Å². The van der Waals surface area contributed by atoms with Crippen LogP contribution in [-0.2, 0) is 9.59 Å². The maximum atomic E-state index is 12.3. The lowest BCUT2D eigenvalue weighted by molar-refractivity contribution is -0.192. The molecule has 0 spiro atoms. The Morgan fingerprint density at radius 3 is 2.39 bits per heavy atom. The molecular formula is C19H24F3N3O3. The third-order valence-corrected chi connectivity index (χ3v) is 5.57. The molecule has 4 rings (SSSR count). The first-order valence-electron chi connectivity index (χ1n) is 9.47. The van der Waals surface area contributed by atoms with Crippen LogP contribution in [0.25, 0.3) is 0 Å². The highest BCUT2D eigenvalue weighted by Crippen LogP contribution is 2.36. The van der Waals surface area contributed by atoms with Gasteiger partial charge in [-0.15, -0.1) is 0 Å². The van der Waals surface area contributed by atoms with Gasteiger partial charge in [0, 0.05) is 38.8 Å². The van der Waals surface area contributed by atoms with Crippen LogP contribution < -0.4 is 4.90 Å². The fraction of sp³-hybridized carbons (Fsp3) is 0.632. The number of fused-ring (bicyclic) bond motifs is 1. The van der Waals surface area contributed by atoms with Crippen molar-refractivity contribution < 1.29 is 27.9 Å². The van der Waals surface area contributed by atoms with E-state index in [1.807, 2.05) is 18.5 Å². The van der Waals surface area contributed by atoms with Crippen molar-refractivity contribution in [3.63, 3.8) is 0 Å². The van der Waals surface area contributed by atoms with Gasteiger partial charge in [0.25, 0.3) is 0 Å². The van der Waals surface area contributed by atoms with Crippen molar-refractivity contribution in [2.24, 2.45) is 17.8 Å². The van der Waals surface area contributed by atoms with Gasteiger partial charge in [-0.25, -0.2) is 4.79 Å². The van der Waals surface area contributed by atoms with Gasteiger partial charge < -0.3 is 14.9 Å². The molecule has 1 saturated carbocycles. The molecule has 1 N–H and O–H groups in total. The monoisotopic (exact) mass is 399 g/mol. The summed E-state index contributed by atoms with van der Waals surface area (Å²) in [6, 6.07) is 4.14. The van der Waals surface area contributed by atoms with Crippen LogP contribution in [0.3, 0.4) is 0 Å². The number of nitrogens with zero attached hydrogens (tertiary/aromatic N) is 3. The van der Waals surface area contributed by atoms with E-state index in [-0.39, 0.29) is 0 Å². The Kier molecular flexibility index (Phi) is 6.10. The summed E-state index contributed by atoms with van der Waals surface area (Å²) in [6.45, 7) is 4.13. The van der Waals surface area contributed by atoms with E-state index in [1.54, 1.807) is 0 Å². The van der Waals surface area contributed by atoms with E-state index in [0.717, 1.165) is 32.6 Å². The number of anilines is 1. The number of aliphatic carboxylic acids is 1. The van der Waals surface area contributed by atoms with Crippen LogP contribution in [0.15, 0.2) is 24.5 Å². The molecule has 1 aromatic heterocycles. The summed E-state index contributed by atoms with van der Waals surface area (Å²) in [4.78, 5) is 30.0. The van der Waals surface area contributed by atoms with Gasteiger partial charge in [0.2, 0.25) is 5.91 Å². The third-order valence-electron chi connectivity index (χ3n) is 5.57. The molecule has 1 aliphatic carbocycles. The maximum absolute atomic E-state index is 12.3. The number of halogens is 3. The molecule has 28 heavy (non-hydrogen) atoms. The van der Waals surface area contributed by atoms with Crippen LogP contribution in [-0.4, -0.2) is 59.2 Å². The number of alkyl halides is 3. The number of likely N-dealkylation sites (tertiary alicyclic amines) is 1. The minimum Gasteiger partial charge on any atom is -0.475 e. The number of carboxylic acids is 1. The second kappa shape index (κ2) is 8.36. The molecule has 154 valence electrons. The van der Waals surface area contributed by atoms with Crippen molar-refractivity contribution >= 4 is 17.6 Å². The summed E-state index contributed by atoms with van der Waals surface area (Å²) in [6.07, 6.45) is 3.22. The topological polar surface area (TPSA) is 73.7 Å². The Morgan fingerprint density at radius 2 is 1.82 bits per heavy atom. The number of carbonyl (C=O) groups excluding carboxylic acids is 1. The Labute approximate surface area is 161 Å². The number of carboxylic acid groups (broad SMARTS) is 1. The largest absolute Gasteiger partial charge is 0.490 e. The van der Waals surface area contributed by atoms with Gasteiger partial charge in [-0.3, -0.25) is 9.78 Å². The highest BCUT2D eigenvalue weighted by Gasteiger charge is 2.40. The molecule has 0 unspecified atom stereocenters. The average molecular weight is 399 g/mol. The van der Waals surface area contributed by atoms with Gasteiger partial charge in [0.05, 0.1) is 11.9 Å². The summed E-state index contributed by atoms with van der Waals surface area (Å²) < 4.78 is 31.7. The standard InChI is InChI=1S/C17H23N3O.C2HF3O2/c21-17(8-13-3-4-13)20-10-14-5-7-19(11-15(14)12-20)16-2-1-6-18-9-16;3-2(4,5)1(6)7/h1-2,6,9,13-15H,3-5,7-8,10-12H2;(H,6,7)/t14-,15+;/m0./s1. The number of pyridine rings is 1. The maximum Gasteiger partial charge on any atom is 0.490 e. The van der Waals surface area contributed by atoms with Crippen LogP contribution in [0.4, 0.5) is 18.9 Å². The lowest BCUT2D eigenvalue weighted by atomic mass is 9.88. The molecule has 9 heteroatoms. The first kappa shape index (κ1) is 20.4. The van der Waals surface area contributed by atoms with Crippen molar-refractivity contribution in [2.45, 2.75) is 31.9 Å². The molecule has 3 heterocycles. The van der Waals surface area contributed by atoms with Gasteiger partial charge in [0.1, 0.15) is 0 Å². The van der Waals surface area contributed by atoms with Crippen LogP contribution in [0.2, 0.25) is 0 Å². The summed E-state index contributed by atoms with van der Waals surface area (Å²) in [7, 11) is 0. The SMILES string of the molecule is O=C(CC1CC1)N1C[C@@H]2CCN(c3cccnc3)C[C@@H]2C1.O=C(O)C(F)(F)F. The third kappa shape index (κ3) is 5.36. The van der Waals surface area contributed by atoms with E-state index in [4.69, 9.17) is 9.90 Å². The molecule has 6 nitrogen and oxygen atoms in total. The molecular weight excluding hydrogens is 375 g/mol. The van der Waals surface area contributed by atoms with Crippen molar-refractivity contribution in [1.29, 1.82) is 0 Å². The average Bonchev–Trinajstić information content (AvgIpc) is 3.36. The summed E-state index contributed by atoms with van der Waals surface area (Å²) in [5, 5.41) is 7.12. The van der Waals surface area contributed by atoms with Crippen molar-refractivity contribution in [2.75, 3.05) is 31.1 Å². The van der Waals surface area contributed by atoms with E-state index in [9.17, 15) is 18.0 Å². The predicted molar refractivity (Wildman–Crippen MR) is 95.7 cm³/mol. The predicted octanol–water partition coefficient (Wildman–Crippen LogP) is 2.80. The second-order valence-corrected chi connectivity index (χ2v) is 7.72. The van der Waals surface area contributed by atoms with Crippen LogP contribution in [0.1, 0.15) is 25.7 Å². The Hall–Kier alpha value is -2.32. The number of amides is 1. The van der Waals surface area contributed by atoms with Crippen molar-refractivity contribution in [3.8, 4) is 0 Å². The van der Waals surface area contributed by atoms with Crippen LogP contribution >= 0.6 is 0 Å². The van der Waals surface area contributed by atoms with E-state index in [2.05, 4.69) is 20.9 Å². The fourth-order valence-electron chi connectivity index (χ4n) is 3.85. The van der Waals surface area contributed by atoms with Gasteiger partial charge >= 0.3 is 12.1 Å². The van der Waals surface area contributed by atoms with Gasteiger partial charge in [-0.1, -0.05) is 0 Å². The summed E-state index contributed by atoms with van der Waals surface area (Å²) >= 11 is 0. The van der Waals surface area contributed by atoms with E-state index >= 15 is 0 Å². The second-order valence-electron chi connectivity index (χ2n) is 7.72. The molecule has 2 saturated heterocycles. The molecule has 3 fully saturated rings. The number of hydrogen-bond donors (Lipinski definition) is 1.